The third kappa shape index (κ3) is 7.99. The van der Waals surface area contributed by atoms with Crippen LogP contribution in [0.4, 0.5) is 37.7 Å². The number of amides is 1. The van der Waals surface area contributed by atoms with Crippen LogP contribution in [-0.4, -0.2) is 96.8 Å². The van der Waals surface area contributed by atoms with E-state index < -0.39 is 36.2 Å². The molecule has 9 nitrogen and oxygen atoms in total. The van der Waals surface area contributed by atoms with Crippen molar-refractivity contribution in [3.63, 3.8) is 0 Å². The van der Waals surface area contributed by atoms with Gasteiger partial charge in [-0.1, -0.05) is 0 Å². The molecular formula is C25H31F6N3O6. The molecule has 3 heterocycles. The van der Waals surface area contributed by atoms with Crippen molar-refractivity contribution < 1.29 is 55.7 Å². The number of carbonyl (C=O) groups is 3. The van der Waals surface area contributed by atoms with Gasteiger partial charge >= 0.3 is 30.2 Å². The summed E-state index contributed by atoms with van der Waals surface area (Å²) in [4.78, 5) is 38.5. The number of carboxylic acid groups (broad SMARTS) is 2. The van der Waals surface area contributed by atoms with Crippen LogP contribution in [0.15, 0.2) is 18.2 Å². The maximum atomic E-state index is 13.5. The second-order valence-corrected chi connectivity index (χ2v) is 9.79. The summed E-state index contributed by atoms with van der Waals surface area (Å²) in [6, 6.07) is 4.12. The Hall–Kier alpha value is -3.07. The van der Waals surface area contributed by atoms with Crippen molar-refractivity contribution in [2.45, 2.75) is 63.0 Å². The Bertz CT molecular complexity index is 1050. The molecule has 3 aliphatic rings. The van der Waals surface area contributed by atoms with Crippen LogP contribution in [0.25, 0.3) is 0 Å². The minimum Gasteiger partial charge on any atom is -0.478 e. The molecule has 0 saturated carbocycles. The molecule has 0 atom stereocenters. The van der Waals surface area contributed by atoms with Crippen LogP contribution in [0.5, 0.6) is 0 Å². The first-order chi connectivity index (χ1) is 18.7. The number of rotatable bonds is 5. The Morgan fingerprint density at radius 3 is 1.88 bits per heavy atom. The van der Waals surface area contributed by atoms with Crippen molar-refractivity contribution in [2.75, 3.05) is 49.2 Å². The highest BCUT2D eigenvalue weighted by Gasteiger charge is 2.46. The van der Waals surface area contributed by atoms with E-state index in [2.05, 4.69) is 9.80 Å². The van der Waals surface area contributed by atoms with Crippen molar-refractivity contribution >= 4 is 29.2 Å². The molecule has 3 aliphatic heterocycles. The molecule has 0 unspecified atom stereocenters. The average molecular weight is 584 g/mol. The fourth-order valence-corrected chi connectivity index (χ4v) is 5.24. The van der Waals surface area contributed by atoms with Crippen LogP contribution in [0.3, 0.4) is 0 Å². The monoisotopic (exact) mass is 583 g/mol. The molecule has 3 saturated heterocycles. The molecular weight excluding hydrogens is 552 g/mol. The number of anilines is 2. The van der Waals surface area contributed by atoms with E-state index in [1.54, 1.807) is 6.07 Å². The first-order valence-corrected chi connectivity index (χ1v) is 12.8. The molecule has 224 valence electrons. The van der Waals surface area contributed by atoms with Crippen LogP contribution in [-0.2, 0) is 14.3 Å². The molecule has 1 aromatic rings. The molecule has 0 aliphatic carbocycles. The van der Waals surface area contributed by atoms with Gasteiger partial charge in [-0.15, -0.1) is 0 Å². The molecule has 15 heteroatoms. The summed E-state index contributed by atoms with van der Waals surface area (Å²) < 4.78 is 77.6. The van der Waals surface area contributed by atoms with E-state index in [9.17, 15) is 41.0 Å². The summed E-state index contributed by atoms with van der Waals surface area (Å²) in [6.45, 7) is 4.13. The molecule has 1 amide bonds. The number of piperidine rings is 1. The first kappa shape index (κ1) is 31.5. The summed E-state index contributed by atoms with van der Waals surface area (Å²) in [7, 11) is 0. The number of likely N-dealkylation sites (tertiary alicyclic amines) is 1. The number of nitrogens with zero attached hydrogens (tertiary/aromatic N) is 3. The fourth-order valence-electron chi connectivity index (χ4n) is 5.24. The fraction of sp³-hybridized carbons (Fsp3) is 0.640. The van der Waals surface area contributed by atoms with Gasteiger partial charge in [-0.05, 0) is 69.8 Å². The number of carboxylic acids is 2. The Kier molecular flexibility index (Phi) is 10.3. The zero-order chi connectivity index (χ0) is 29.7. The molecule has 40 heavy (non-hydrogen) atoms. The molecule has 1 aromatic carbocycles. The number of aliphatic carboxylic acids is 1. The average Bonchev–Trinajstić information content (AvgIpc) is 3.44. The van der Waals surface area contributed by atoms with E-state index in [0.29, 0.717) is 16.6 Å². The molecule has 2 N–H and O–H groups in total. The summed E-state index contributed by atoms with van der Waals surface area (Å²) in [6.07, 6.45) is -5.44. The van der Waals surface area contributed by atoms with Crippen molar-refractivity contribution in [1.29, 1.82) is 0 Å². The van der Waals surface area contributed by atoms with Gasteiger partial charge < -0.3 is 29.6 Å². The normalized spacial score (nSPS) is 19.6. The van der Waals surface area contributed by atoms with Crippen molar-refractivity contribution in [1.82, 2.24) is 4.90 Å². The summed E-state index contributed by atoms with van der Waals surface area (Å²) in [5, 5.41) is 16.8. The molecule has 0 spiro atoms. The van der Waals surface area contributed by atoms with Crippen molar-refractivity contribution in [3.05, 3.63) is 23.8 Å². The lowest BCUT2D eigenvalue weighted by molar-refractivity contribution is -0.192. The van der Waals surface area contributed by atoms with Crippen LogP contribution >= 0.6 is 0 Å². The number of hydrogen-bond acceptors (Lipinski definition) is 6. The summed E-state index contributed by atoms with van der Waals surface area (Å²) >= 11 is 0. The third-order valence-electron chi connectivity index (χ3n) is 7.22. The van der Waals surface area contributed by atoms with Gasteiger partial charge in [-0.3, -0.25) is 4.79 Å². The summed E-state index contributed by atoms with van der Waals surface area (Å²) in [5.74, 6) is -6.16. The topological polar surface area (TPSA) is 111 Å². The van der Waals surface area contributed by atoms with E-state index in [4.69, 9.17) is 14.6 Å². The molecule has 0 aromatic heterocycles. The second kappa shape index (κ2) is 13.1. The van der Waals surface area contributed by atoms with Gasteiger partial charge in [0.05, 0.1) is 11.3 Å². The van der Waals surface area contributed by atoms with Gasteiger partial charge in [-0.25, -0.2) is 9.59 Å². The van der Waals surface area contributed by atoms with Crippen molar-refractivity contribution in [3.8, 4) is 0 Å². The SMILES string of the molecule is O=C(O)C(F)(F)F.O=C(O)c1ccc(N2CCC(N3CCCC3)CC2)cc1N(C(=O)C(F)(F)F)C1CCOCC1. The molecule has 4 rings (SSSR count). The lowest BCUT2D eigenvalue weighted by atomic mass is 10.0. The Balaban J connectivity index is 0.000000559. The highest BCUT2D eigenvalue weighted by atomic mass is 19.4. The maximum absolute atomic E-state index is 13.5. The number of hydrogen-bond donors (Lipinski definition) is 2. The van der Waals surface area contributed by atoms with Gasteiger partial charge in [0, 0.05) is 44.1 Å². The number of aromatic carboxylic acids is 1. The Labute approximate surface area is 226 Å². The van der Waals surface area contributed by atoms with E-state index in [-0.39, 0.29) is 37.3 Å². The zero-order valence-corrected chi connectivity index (χ0v) is 21.5. The molecule has 3 fully saturated rings. The highest BCUT2D eigenvalue weighted by Crippen LogP contribution is 2.35. The minimum absolute atomic E-state index is 0.198. The lowest BCUT2D eigenvalue weighted by Crippen LogP contribution is -2.50. The van der Waals surface area contributed by atoms with E-state index in [0.717, 1.165) is 39.0 Å². The molecule has 0 bridgehead atoms. The molecule has 0 radical (unpaired) electrons. The number of alkyl halides is 6. The zero-order valence-electron chi connectivity index (χ0n) is 21.5. The van der Waals surface area contributed by atoms with Gasteiger partial charge in [0.1, 0.15) is 0 Å². The highest BCUT2D eigenvalue weighted by molar-refractivity contribution is 6.05. The maximum Gasteiger partial charge on any atom is 0.490 e. The number of benzene rings is 1. The number of ether oxygens (including phenoxy) is 1. The van der Waals surface area contributed by atoms with Crippen LogP contribution in [0.1, 0.15) is 48.9 Å². The predicted octanol–water partition coefficient (Wildman–Crippen LogP) is 4.16. The van der Waals surface area contributed by atoms with Gasteiger partial charge in [0.2, 0.25) is 0 Å². The van der Waals surface area contributed by atoms with Crippen LogP contribution in [0.2, 0.25) is 0 Å². The Morgan fingerprint density at radius 1 is 0.850 bits per heavy atom. The Morgan fingerprint density at radius 2 is 1.40 bits per heavy atom. The van der Waals surface area contributed by atoms with E-state index in [1.165, 1.54) is 25.0 Å². The lowest BCUT2D eigenvalue weighted by Gasteiger charge is -2.39. The van der Waals surface area contributed by atoms with Crippen LogP contribution < -0.4 is 9.80 Å². The quantitative estimate of drug-likeness (QED) is 0.498. The van der Waals surface area contributed by atoms with Crippen LogP contribution in [0, 0.1) is 0 Å². The number of halogens is 6. The summed E-state index contributed by atoms with van der Waals surface area (Å²) in [5.41, 5.74) is 0.132. The first-order valence-electron chi connectivity index (χ1n) is 12.8. The standard InChI is InChI=1S/C23H30F3N3O4.C2HF3O2/c24-23(25,26)22(32)29(17-7-13-33-14-8-17)20-15-18(3-4-19(20)21(30)31)28-11-5-16(6-12-28)27-9-1-2-10-27;3-2(4,5)1(6)7/h3-4,15-17H,1-2,5-14H2,(H,30,31);(H,6,7). The van der Waals surface area contributed by atoms with Gasteiger partial charge in [0.15, 0.2) is 0 Å². The van der Waals surface area contributed by atoms with Gasteiger partial charge in [-0.2, -0.15) is 26.3 Å². The predicted molar refractivity (Wildman–Crippen MR) is 131 cm³/mol. The second-order valence-electron chi connectivity index (χ2n) is 9.79. The third-order valence-corrected chi connectivity index (χ3v) is 7.22. The largest absolute Gasteiger partial charge is 0.490 e. The minimum atomic E-state index is -5.11. The van der Waals surface area contributed by atoms with Gasteiger partial charge in [0.25, 0.3) is 0 Å². The van der Waals surface area contributed by atoms with Crippen molar-refractivity contribution in [2.24, 2.45) is 0 Å². The van der Waals surface area contributed by atoms with E-state index >= 15 is 0 Å². The van der Waals surface area contributed by atoms with E-state index in [1.807, 2.05) is 0 Å². The number of carbonyl (C=O) groups excluding carboxylic acids is 1. The smallest absolute Gasteiger partial charge is 0.478 e.